The van der Waals surface area contributed by atoms with E-state index in [9.17, 15) is 14.4 Å². The lowest BCUT2D eigenvalue weighted by Gasteiger charge is -2.17. The van der Waals surface area contributed by atoms with Gasteiger partial charge in [0.25, 0.3) is 0 Å². The Balaban J connectivity index is 1.38. The fourth-order valence-corrected chi connectivity index (χ4v) is 4.67. The van der Waals surface area contributed by atoms with Gasteiger partial charge in [0.1, 0.15) is 0 Å². The number of benzene rings is 1. The fraction of sp³-hybridized carbons (Fsp3) is 0.450. The van der Waals surface area contributed by atoms with Crippen LogP contribution in [0, 0.1) is 37.5 Å². The molecule has 4 rings (SSSR count). The molecule has 0 radical (unpaired) electrons. The monoisotopic (exact) mass is 338 g/mol. The molecule has 3 amide bonds. The van der Waals surface area contributed by atoms with Crippen molar-refractivity contribution >= 4 is 23.4 Å². The number of anilines is 1. The zero-order valence-electron chi connectivity index (χ0n) is 14.5. The van der Waals surface area contributed by atoms with Gasteiger partial charge in [-0.2, -0.15) is 0 Å². The first kappa shape index (κ1) is 16.1. The lowest BCUT2D eigenvalue weighted by molar-refractivity contribution is -0.140. The third-order valence-corrected chi connectivity index (χ3v) is 5.63. The molecule has 1 N–H and O–H groups in total. The van der Waals surface area contributed by atoms with E-state index >= 15 is 0 Å². The minimum Gasteiger partial charge on any atom is -0.326 e. The number of likely N-dealkylation sites (tertiary alicyclic amines) is 1. The van der Waals surface area contributed by atoms with Crippen molar-refractivity contribution in [1.29, 1.82) is 0 Å². The summed E-state index contributed by atoms with van der Waals surface area (Å²) in [5.41, 5.74) is 2.91. The van der Waals surface area contributed by atoms with Crippen molar-refractivity contribution in [1.82, 2.24) is 4.90 Å². The highest BCUT2D eigenvalue weighted by atomic mass is 16.2. The normalized spacial score (nSPS) is 29.4. The summed E-state index contributed by atoms with van der Waals surface area (Å²) in [6, 6.07) is 5.86. The molecule has 2 aliphatic carbocycles. The second-order valence-corrected chi connectivity index (χ2v) is 7.50. The van der Waals surface area contributed by atoms with E-state index in [4.69, 9.17) is 0 Å². The van der Waals surface area contributed by atoms with Gasteiger partial charge in [-0.3, -0.25) is 19.3 Å². The smallest absolute Gasteiger partial charge is 0.233 e. The number of fused-ring (bicyclic) bond motifs is 5. The van der Waals surface area contributed by atoms with Crippen molar-refractivity contribution < 1.29 is 14.4 Å². The molecular formula is C20H22N2O3. The van der Waals surface area contributed by atoms with Crippen LogP contribution in [0.5, 0.6) is 0 Å². The zero-order valence-corrected chi connectivity index (χ0v) is 14.5. The van der Waals surface area contributed by atoms with Crippen LogP contribution in [0.3, 0.4) is 0 Å². The van der Waals surface area contributed by atoms with Crippen LogP contribution in [-0.4, -0.2) is 29.2 Å². The predicted octanol–water partition coefficient (Wildman–Crippen LogP) is 2.44. The van der Waals surface area contributed by atoms with E-state index in [2.05, 4.69) is 17.5 Å². The number of hydrogen-bond donors (Lipinski definition) is 1. The number of carbonyl (C=O) groups is 3. The van der Waals surface area contributed by atoms with Crippen LogP contribution in [0.1, 0.15) is 24.0 Å². The molecule has 5 heteroatoms. The molecule has 1 saturated carbocycles. The minimum absolute atomic E-state index is 0.0916. The Morgan fingerprint density at radius 1 is 1.04 bits per heavy atom. The zero-order chi connectivity index (χ0) is 17.7. The molecule has 1 saturated heterocycles. The van der Waals surface area contributed by atoms with Crippen LogP contribution in [0.15, 0.2) is 30.4 Å². The van der Waals surface area contributed by atoms with E-state index in [1.807, 2.05) is 32.0 Å². The Kier molecular flexibility index (Phi) is 3.74. The summed E-state index contributed by atoms with van der Waals surface area (Å²) in [4.78, 5) is 38.7. The van der Waals surface area contributed by atoms with E-state index in [0.717, 1.165) is 23.2 Å². The first-order chi connectivity index (χ1) is 11.9. The van der Waals surface area contributed by atoms with Crippen molar-refractivity contribution in [2.75, 3.05) is 11.9 Å². The molecule has 0 aromatic heterocycles. The first-order valence-electron chi connectivity index (χ1n) is 8.86. The van der Waals surface area contributed by atoms with Crippen LogP contribution in [0.4, 0.5) is 5.69 Å². The molecule has 1 heterocycles. The summed E-state index contributed by atoms with van der Waals surface area (Å²) in [5.74, 6) is -0.322. The molecule has 0 unspecified atom stereocenters. The van der Waals surface area contributed by atoms with E-state index in [1.54, 1.807) is 0 Å². The van der Waals surface area contributed by atoms with Gasteiger partial charge in [0.15, 0.2) is 0 Å². The molecule has 2 fully saturated rings. The molecular weight excluding hydrogens is 316 g/mol. The number of allylic oxidation sites excluding steroid dienone is 2. The molecule has 2 bridgehead atoms. The van der Waals surface area contributed by atoms with Crippen molar-refractivity contribution in [2.24, 2.45) is 23.7 Å². The van der Waals surface area contributed by atoms with Gasteiger partial charge >= 0.3 is 0 Å². The Hall–Kier alpha value is -2.43. The van der Waals surface area contributed by atoms with Crippen LogP contribution in [-0.2, 0) is 14.4 Å². The van der Waals surface area contributed by atoms with Crippen LogP contribution in [0.25, 0.3) is 0 Å². The first-order valence-corrected chi connectivity index (χ1v) is 8.86. The molecule has 130 valence electrons. The maximum Gasteiger partial charge on any atom is 0.233 e. The van der Waals surface area contributed by atoms with Gasteiger partial charge in [0.2, 0.25) is 17.7 Å². The second kappa shape index (κ2) is 5.83. The SMILES string of the molecule is Cc1cc(C)cc(NC(=O)CCN2C(=O)[C@@H]3[C@H](C2=O)[C@@H]2C=C[C@H]3C2)c1. The van der Waals surface area contributed by atoms with Crippen molar-refractivity contribution in [3.63, 3.8) is 0 Å². The van der Waals surface area contributed by atoms with Gasteiger partial charge in [-0.1, -0.05) is 18.2 Å². The van der Waals surface area contributed by atoms with Gasteiger partial charge < -0.3 is 5.32 Å². The maximum atomic E-state index is 12.6. The van der Waals surface area contributed by atoms with Crippen molar-refractivity contribution in [3.05, 3.63) is 41.5 Å². The average Bonchev–Trinajstić information content (AvgIpc) is 3.19. The summed E-state index contributed by atoms with van der Waals surface area (Å²) in [5, 5.41) is 2.86. The number of imide groups is 1. The number of amides is 3. The van der Waals surface area contributed by atoms with Crippen molar-refractivity contribution in [3.8, 4) is 0 Å². The summed E-state index contributed by atoms with van der Waals surface area (Å²) in [6.45, 7) is 4.12. The fourth-order valence-electron chi connectivity index (χ4n) is 4.67. The highest BCUT2D eigenvalue weighted by Crippen LogP contribution is 2.52. The number of hydrogen-bond acceptors (Lipinski definition) is 3. The van der Waals surface area contributed by atoms with Crippen LogP contribution in [0.2, 0.25) is 0 Å². The highest BCUT2D eigenvalue weighted by molar-refractivity contribution is 6.06. The summed E-state index contributed by atoms with van der Waals surface area (Å²) in [6.07, 6.45) is 5.21. The van der Waals surface area contributed by atoms with Gasteiger partial charge in [0.05, 0.1) is 11.8 Å². The van der Waals surface area contributed by atoms with E-state index in [-0.39, 0.29) is 54.4 Å². The number of carbonyl (C=O) groups excluding carboxylic acids is 3. The molecule has 3 aliphatic rings. The third kappa shape index (κ3) is 2.68. The highest BCUT2D eigenvalue weighted by Gasteiger charge is 2.58. The molecule has 1 aromatic rings. The molecule has 0 spiro atoms. The Morgan fingerprint density at radius 2 is 1.60 bits per heavy atom. The summed E-state index contributed by atoms with van der Waals surface area (Å²) >= 11 is 0. The quantitative estimate of drug-likeness (QED) is 0.677. The molecule has 1 aliphatic heterocycles. The lowest BCUT2D eigenvalue weighted by Crippen LogP contribution is -2.35. The van der Waals surface area contributed by atoms with Gasteiger partial charge in [0, 0.05) is 18.7 Å². The minimum atomic E-state index is -0.190. The number of aryl methyl sites for hydroxylation is 2. The predicted molar refractivity (Wildman–Crippen MR) is 93.6 cm³/mol. The van der Waals surface area contributed by atoms with E-state index < -0.39 is 0 Å². The summed E-state index contributed by atoms with van der Waals surface area (Å²) in [7, 11) is 0. The lowest BCUT2D eigenvalue weighted by atomic mass is 9.85. The average molecular weight is 338 g/mol. The van der Waals surface area contributed by atoms with Crippen LogP contribution < -0.4 is 5.32 Å². The van der Waals surface area contributed by atoms with Crippen molar-refractivity contribution in [2.45, 2.75) is 26.7 Å². The molecule has 5 nitrogen and oxygen atoms in total. The molecule has 4 atom stereocenters. The number of nitrogens with zero attached hydrogens (tertiary/aromatic N) is 1. The second-order valence-electron chi connectivity index (χ2n) is 7.50. The maximum absolute atomic E-state index is 12.6. The van der Waals surface area contributed by atoms with E-state index in [0.29, 0.717) is 0 Å². The van der Waals surface area contributed by atoms with Crippen LogP contribution >= 0.6 is 0 Å². The largest absolute Gasteiger partial charge is 0.326 e. The molecule has 1 aromatic carbocycles. The van der Waals surface area contributed by atoms with Gasteiger partial charge in [-0.15, -0.1) is 0 Å². The third-order valence-electron chi connectivity index (χ3n) is 5.63. The number of rotatable bonds is 4. The topological polar surface area (TPSA) is 66.5 Å². The Morgan fingerprint density at radius 3 is 2.16 bits per heavy atom. The summed E-state index contributed by atoms with van der Waals surface area (Å²) < 4.78 is 0. The molecule has 25 heavy (non-hydrogen) atoms. The Bertz CT molecular complexity index is 748. The van der Waals surface area contributed by atoms with Gasteiger partial charge in [-0.25, -0.2) is 0 Å². The standard InChI is InChI=1S/C20H22N2O3/c1-11-7-12(2)9-15(8-11)21-16(23)5-6-22-19(24)17-13-3-4-14(10-13)18(17)20(22)25/h3-4,7-9,13-14,17-18H,5-6,10H2,1-2H3,(H,21,23)/t13-,14+,17-,18+. The Labute approximate surface area is 147 Å². The van der Waals surface area contributed by atoms with E-state index in [1.165, 1.54) is 4.90 Å². The van der Waals surface area contributed by atoms with Gasteiger partial charge in [-0.05, 0) is 55.4 Å². The number of nitrogens with one attached hydrogen (secondary N) is 1.